The van der Waals surface area contributed by atoms with Crippen LogP contribution in [0.2, 0.25) is 0 Å². The van der Waals surface area contributed by atoms with Gasteiger partial charge in [0.2, 0.25) is 0 Å². The predicted molar refractivity (Wildman–Crippen MR) is 72.6 cm³/mol. The third-order valence-corrected chi connectivity index (χ3v) is 3.27. The van der Waals surface area contributed by atoms with Crippen LogP contribution < -0.4 is 5.32 Å². The molecule has 2 amide bonds. The summed E-state index contributed by atoms with van der Waals surface area (Å²) >= 11 is 0. The van der Waals surface area contributed by atoms with E-state index < -0.39 is 5.97 Å². The zero-order valence-electron chi connectivity index (χ0n) is 11.7. The molecular formula is C12H19N5O3. The minimum atomic E-state index is -0.839. The van der Waals surface area contributed by atoms with Gasteiger partial charge in [0.05, 0.1) is 17.9 Å². The van der Waals surface area contributed by atoms with Gasteiger partial charge in [-0.2, -0.15) is 5.10 Å². The number of hydrogen-bond acceptors (Lipinski definition) is 4. The maximum atomic E-state index is 12.1. The second-order valence-corrected chi connectivity index (χ2v) is 4.89. The van der Waals surface area contributed by atoms with Crippen LogP contribution in [0.15, 0.2) is 6.20 Å². The van der Waals surface area contributed by atoms with Gasteiger partial charge in [0.1, 0.15) is 0 Å². The molecular weight excluding hydrogens is 262 g/mol. The fourth-order valence-electron chi connectivity index (χ4n) is 2.22. The lowest BCUT2D eigenvalue weighted by atomic mass is 10.3. The number of carboxylic acids is 1. The van der Waals surface area contributed by atoms with Crippen LogP contribution >= 0.6 is 0 Å². The highest BCUT2D eigenvalue weighted by atomic mass is 16.4. The fraction of sp³-hybridized carbons (Fsp3) is 0.583. The number of amides is 2. The number of urea groups is 1. The quantitative estimate of drug-likeness (QED) is 0.811. The number of carboxylic acid groups (broad SMARTS) is 1. The van der Waals surface area contributed by atoms with Crippen molar-refractivity contribution in [3.05, 3.63) is 11.9 Å². The van der Waals surface area contributed by atoms with Crippen molar-refractivity contribution in [2.45, 2.75) is 6.92 Å². The SMILES string of the molecule is Cc1nn(C)cc1NC(=O)N1CCN(CC(=O)O)CC1. The van der Waals surface area contributed by atoms with Gasteiger partial charge in [0, 0.05) is 39.4 Å². The lowest BCUT2D eigenvalue weighted by molar-refractivity contribution is -0.138. The molecule has 0 aliphatic carbocycles. The van der Waals surface area contributed by atoms with Crippen LogP contribution in [-0.2, 0) is 11.8 Å². The van der Waals surface area contributed by atoms with Gasteiger partial charge in [-0.3, -0.25) is 14.4 Å². The van der Waals surface area contributed by atoms with Gasteiger partial charge in [-0.25, -0.2) is 4.79 Å². The minimum absolute atomic E-state index is 0.0250. The van der Waals surface area contributed by atoms with Gasteiger partial charge in [0.25, 0.3) is 0 Å². The molecule has 1 saturated heterocycles. The Hall–Kier alpha value is -2.09. The van der Waals surface area contributed by atoms with Gasteiger partial charge < -0.3 is 15.3 Å². The van der Waals surface area contributed by atoms with Gasteiger partial charge in [-0.1, -0.05) is 0 Å². The largest absolute Gasteiger partial charge is 0.480 e. The number of carbonyl (C=O) groups is 2. The van der Waals surface area contributed by atoms with Crippen LogP contribution in [0.1, 0.15) is 5.69 Å². The van der Waals surface area contributed by atoms with Crippen molar-refractivity contribution in [1.82, 2.24) is 19.6 Å². The molecule has 8 heteroatoms. The standard InChI is InChI=1S/C12H19N5O3/c1-9-10(7-15(2)14-9)13-12(20)17-5-3-16(4-6-17)8-11(18)19/h7H,3-6,8H2,1-2H3,(H,13,20)(H,18,19). The van der Waals surface area contributed by atoms with Crippen molar-refractivity contribution in [3.8, 4) is 0 Å². The summed E-state index contributed by atoms with van der Waals surface area (Å²) in [7, 11) is 1.80. The molecule has 0 bridgehead atoms. The lowest BCUT2D eigenvalue weighted by Crippen LogP contribution is -2.51. The monoisotopic (exact) mass is 281 g/mol. The zero-order valence-corrected chi connectivity index (χ0v) is 11.7. The molecule has 8 nitrogen and oxygen atoms in total. The number of nitrogens with zero attached hydrogens (tertiary/aromatic N) is 4. The zero-order chi connectivity index (χ0) is 14.7. The van der Waals surface area contributed by atoms with E-state index >= 15 is 0 Å². The molecule has 2 heterocycles. The number of aromatic nitrogens is 2. The Morgan fingerprint density at radius 2 is 2.00 bits per heavy atom. The number of nitrogens with one attached hydrogen (secondary N) is 1. The Balaban J connectivity index is 1.86. The number of rotatable bonds is 3. The first-order chi connectivity index (χ1) is 9.45. The summed E-state index contributed by atoms with van der Waals surface area (Å²) in [6.07, 6.45) is 1.76. The minimum Gasteiger partial charge on any atom is -0.480 e. The lowest BCUT2D eigenvalue weighted by Gasteiger charge is -2.33. The molecule has 1 fully saturated rings. The maximum absolute atomic E-state index is 12.1. The number of hydrogen-bond donors (Lipinski definition) is 2. The van der Waals surface area contributed by atoms with E-state index in [1.165, 1.54) is 0 Å². The third-order valence-electron chi connectivity index (χ3n) is 3.27. The Morgan fingerprint density at radius 3 is 2.50 bits per heavy atom. The van der Waals surface area contributed by atoms with E-state index in [0.29, 0.717) is 31.9 Å². The molecule has 0 radical (unpaired) electrons. The van der Waals surface area contributed by atoms with E-state index in [1.54, 1.807) is 22.8 Å². The summed E-state index contributed by atoms with van der Waals surface area (Å²) < 4.78 is 1.65. The summed E-state index contributed by atoms with van der Waals surface area (Å²) in [4.78, 5) is 26.2. The second kappa shape index (κ2) is 5.91. The van der Waals surface area contributed by atoms with Crippen LogP contribution in [0.25, 0.3) is 0 Å². The van der Waals surface area contributed by atoms with Crippen molar-refractivity contribution in [1.29, 1.82) is 0 Å². The molecule has 1 aromatic rings. The van der Waals surface area contributed by atoms with Crippen LogP contribution in [-0.4, -0.2) is 69.4 Å². The van der Waals surface area contributed by atoms with Gasteiger partial charge in [0.15, 0.2) is 0 Å². The van der Waals surface area contributed by atoms with Crippen molar-refractivity contribution in [2.24, 2.45) is 7.05 Å². The number of aliphatic carboxylic acids is 1. The highest BCUT2D eigenvalue weighted by Crippen LogP contribution is 2.13. The fourth-order valence-corrected chi connectivity index (χ4v) is 2.22. The third kappa shape index (κ3) is 3.47. The molecule has 1 aliphatic rings. The number of carbonyl (C=O) groups excluding carboxylic acids is 1. The molecule has 2 N–H and O–H groups in total. The van der Waals surface area contributed by atoms with Crippen LogP contribution in [0.5, 0.6) is 0 Å². The molecule has 110 valence electrons. The molecule has 20 heavy (non-hydrogen) atoms. The summed E-state index contributed by atoms with van der Waals surface area (Å²) in [5, 5.41) is 15.7. The number of aryl methyl sites for hydroxylation is 2. The first-order valence-electron chi connectivity index (χ1n) is 6.46. The van der Waals surface area contributed by atoms with E-state index in [2.05, 4.69) is 10.4 Å². The first-order valence-corrected chi connectivity index (χ1v) is 6.46. The van der Waals surface area contributed by atoms with E-state index in [0.717, 1.165) is 5.69 Å². The van der Waals surface area contributed by atoms with Crippen molar-refractivity contribution < 1.29 is 14.7 Å². The highest BCUT2D eigenvalue weighted by Gasteiger charge is 2.22. The van der Waals surface area contributed by atoms with E-state index in [9.17, 15) is 9.59 Å². The Morgan fingerprint density at radius 1 is 1.35 bits per heavy atom. The second-order valence-electron chi connectivity index (χ2n) is 4.89. The molecule has 0 unspecified atom stereocenters. The van der Waals surface area contributed by atoms with Crippen LogP contribution in [0.3, 0.4) is 0 Å². The maximum Gasteiger partial charge on any atom is 0.322 e. The molecule has 1 aromatic heterocycles. The van der Waals surface area contributed by atoms with Gasteiger partial charge in [-0.15, -0.1) is 0 Å². The molecule has 0 atom stereocenters. The average molecular weight is 281 g/mol. The van der Waals surface area contributed by atoms with Crippen molar-refractivity contribution >= 4 is 17.7 Å². The summed E-state index contributed by atoms with van der Waals surface area (Å²) in [5.74, 6) is -0.839. The van der Waals surface area contributed by atoms with E-state index in [4.69, 9.17) is 5.11 Å². The van der Waals surface area contributed by atoms with E-state index in [-0.39, 0.29) is 12.6 Å². The Kier molecular flexibility index (Phi) is 4.23. The van der Waals surface area contributed by atoms with Crippen molar-refractivity contribution in [2.75, 3.05) is 38.0 Å². The van der Waals surface area contributed by atoms with Gasteiger partial charge >= 0.3 is 12.0 Å². The Bertz CT molecular complexity index is 505. The summed E-state index contributed by atoms with van der Waals surface area (Å²) in [5.41, 5.74) is 1.47. The number of anilines is 1. The Labute approximate surface area is 117 Å². The van der Waals surface area contributed by atoms with Crippen LogP contribution in [0.4, 0.5) is 10.5 Å². The normalized spacial score (nSPS) is 16.2. The van der Waals surface area contributed by atoms with Crippen LogP contribution in [0, 0.1) is 6.92 Å². The molecule has 2 rings (SSSR count). The first kappa shape index (κ1) is 14.3. The molecule has 0 saturated carbocycles. The average Bonchev–Trinajstić information content (AvgIpc) is 2.68. The highest BCUT2D eigenvalue weighted by molar-refractivity contribution is 5.89. The molecule has 0 aromatic carbocycles. The number of piperazine rings is 1. The predicted octanol–water partition coefficient (Wildman–Crippen LogP) is -0.0374. The molecule has 0 spiro atoms. The smallest absolute Gasteiger partial charge is 0.322 e. The summed E-state index contributed by atoms with van der Waals surface area (Å²) in [6, 6.07) is -0.170. The van der Waals surface area contributed by atoms with Gasteiger partial charge in [-0.05, 0) is 6.92 Å². The topological polar surface area (TPSA) is 90.7 Å². The van der Waals surface area contributed by atoms with E-state index in [1.807, 2.05) is 11.8 Å². The summed E-state index contributed by atoms with van der Waals surface area (Å²) in [6.45, 7) is 4.06. The molecule has 1 aliphatic heterocycles. The van der Waals surface area contributed by atoms with Crippen molar-refractivity contribution in [3.63, 3.8) is 0 Å².